The Morgan fingerprint density at radius 3 is 2.60 bits per heavy atom. The summed E-state index contributed by atoms with van der Waals surface area (Å²) in [5.41, 5.74) is 1.98. The van der Waals surface area contributed by atoms with Crippen LogP contribution in [0.4, 0.5) is 4.39 Å². The molecule has 1 aliphatic rings. The third-order valence-electron chi connectivity index (χ3n) is 5.96. The fourth-order valence-corrected chi connectivity index (χ4v) is 3.90. The van der Waals surface area contributed by atoms with E-state index in [-0.39, 0.29) is 11.4 Å². The highest BCUT2D eigenvalue weighted by Crippen LogP contribution is 2.38. The van der Waals surface area contributed by atoms with E-state index < -0.39 is 5.97 Å². The van der Waals surface area contributed by atoms with Gasteiger partial charge in [-0.15, -0.1) is 0 Å². The molecule has 1 heterocycles. The largest absolute Gasteiger partial charge is 0.492 e. The Kier molecular flexibility index (Phi) is 7.48. The van der Waals surface area contributed by atoms with Crippen molar-refractivity contribution in [3.8, 4) is 11.5 Å². The molecule has 1 unspecified atom stereocenters. The van der Waals surface area contributed by atoms with Gasteiger partial charge in [0, 0.05) is 35.8 Å². The molecule has 0 fully saturated rings. The van der Waals surface area contributed by atoms with E-state index in [0.717, 1.165) is 31.4 Å². The first-order valence-electron chi connectivity index (χ1n) is 11.0. The Bertz CT molecular complexity index is 882. The molecule has 0 saturated heterocycles. The summed E-state index contributed by atoms with van der Waals surface area (Å²) < 4.78 is 27.1. The second-order valence-electron chi connectivity index (χ2n) is 7.98. The van der Waals surface area contributed by atoms with Gasteiger partial charge in [-0.05, 0) is 45.2 Å². The van der Waals surface area contributed by atoms with Crippen LogP contribution in [0.1, 0.15) is 67.1 Å². The number of hydrogen-bond acceptors (Lipinski definition) is 4. The van der Waals surface area contributed by atoms with Gasteiger partial charge in [-0.2, -0.15) is 0 Å². The molecule has 0 aromatic heterocycles. The van der Waals surface area contributed by atoms with Gasteiger partial charge in [0.05, 0.1) is 6.61 Å². The van der Waals surface area contributed by atoms with Crippen LogP contribution in [-0.2, 0) is 13.0 Å². The standard InChI is InChI=1S/C25H32FNO3/c1-5-7-15-29-24-20-13-14-27(17(3)6-2)16-21(20)23(26)18(4)22(24)25(28)30-19-11-9-8-10-12-19/h8-12,17H,5-7,13-16H2,1-4H3. The maximum atomic E-state index is 15.5. The molecule has 0 spiro atoms. The lowest BCUT2D eigenvalue weighted by Gasteiger charge is -2.35. The Labute approximate surface area is 179 Å². The summed E-state index contributed by atoms with van der Waals surface area (Å²) >= 11 is 0. The van der Waals surface area contributed by atoms with E-state index in [1.165, 1.54) is 0 Å². The number of rotatable bonds is 8. The van der Waals surface area contributed by atoms with Crippen LogP contribution in [0.25, 0.3) is 0 Å². The molecule has 4 nitrogen and oxygen atoms in total. The normalized spacial score (nSPS) is 14.8. The summed E-state index contributed by atoms with van der Waals surface area (Å²) in [5.74, 6) is 0.0432. The first-order valence-corrected chi connectivity index (χ1v) is 11.0. The number of nitrogens with zero attached hydrogens (tertiary/aromatic N) is 1. The van der Waals surface area contributed by atoms with Crippen molar-refractivity contribution in [3.63, 3.8) is 0 Å². The summed E-state index contributed by atoms with van der Waals surface area (Å²) in [6, 6.07) is 9.25. The molecule has 0 saturated carbocycles. The lowest BCUT2D eigenvalue weighted by molar-refractivity contribution is 0.0727. The first kappa shape index (κ1) is 22.3. The zero-order valence-corrected chi connectivity index (χ0v) is 18.5. The summed E-state index contributed by atoms with van der Waals surface area (Å²) in [6.45, 7) is 9.89. The fraction of sp³-hybridized carbons (Fsp3) is 0.480. The molecule has 0 aliphatic carbocycles. The monoisotopic (exact) mass is 413 g/mol. The Morgan fingerprint density at radius 2 is 1.93 bits per heavy atom. The van der Waals surface area contributed by atoms with Gasteiger partial charge in [0.25, 0.3) is 0 Å². The summed E-state index contributed by atoms with van der Waals surface area (Å²) in [7, 11) is 0. The average Bonchev–Trinajstić information content (AvgIpc) is 2.77. The number of esters is 1. The molecule has 3 rings (SSSR count). The molecular formula is C25H32FNO3. The highest BCUT2D eigenvalue weighted by molar-refractivity contribution is 5.96. The predicted octanol–water partition coefficient (Wildman–Crippen LogP) is 5.69. The molecule has 162 valence electrons. The number of carbonyl (C=O) groups is 1. The van der Waals surface area contributed by atoms with Crippen molar-refractivity contribution in [2.45, 2.75) is 66.0 Å². The van der Waals surface area contributed by atoms with Crippen LogP contribution in [0.2, 0.25) is 0 Å². The number of hydrogen-bond donors (Lipinski definition) is 0. The number of ether oxygens (including phenoxy) is 2. The zero-order chi connectivity index (χ0) is 21.7. The second-order valence-corrected chi connectivity index (χ2v) is 7.98. The Hall–Kier alpha value is -2.40. The van der Waals surface area contributed by atoms with E-state index in [9.17, 15) is 4.79 Å². The van der Waals surface area contributed by atoms with Gasteiger partial charge in [-0.25, -0.2) is 9.18 Å². The number of benzene rings is 2. The highest BCUT2D eigenvalue weighted by atomic mass is 19.1. The molecule has 2 aromatic rings. The van der Waals surface area contributed by atoms with Gasteiger partial charge in [-0.1, -0.05) is 38.5 Å². The van der Waals surface area contributed by atoms with Gasteiger partial charge in [0.15, 0.2) is 0 Å². The molecular weight excluding hydrogens is 381 g/mol. The number of fused-ring (bicyclic) bond motifs is 1. The van der Waals surface area contributed by atoms with Crippen molar-refractivity contribution in [3.05, 3.63) is 58.4 Å². The van der Waals surface area contributed by atoms with Gasteiger partial charge in [0.2, 0.25) is 0 Å². The quantitative estimate of drug-likeness (QED) is 0.317. The maximum absolute atomic E-state index is 15.5. The van der Waals surface area contributed by atoms with Gasteiger partial charge in [0.1, 0.15) is 22.9 Å². The molecule has 30 heavy (non-hydrogen) atoms. The molecule has 0 radical (unpaired) electrons. The van der Waals surface area contributed by atoms with Crippen LogP contribution in [0.15, 0.2) is 30.3 Å². The van der Waals surface area contributed by atoms with Crippen LogP contribution in [-0.4, -0.2) is 30.1 Å². The molecule has 5 heteroatoms. The van der Waals surface area contributed by atoms with Crippen molar-refractivity contribution in [2.75, 3.05) is 13.2 Å². The second kappa shape index (κ2) is 10.1. The third-order valence-corrected chi connectivity index (χ3v) is 5.96. The molecule has 1 atom stereocenters. The SMILES string of the molecule is CCCCOc1c2c(c(F)c(C)c1C(=O)Oc1ccccc1)CN(C(C)CC)CC2. The number of carbonyl (C=O) groups excluding carboxylic acids is 1. The van der Waals surface area contributed by atoms with Crippen molar-refractivity contribution in [2.24, 2.45) is 0 Å². The van der Waals surface area contributed by atoms with Crippen LogP contribution in [0.5, 0.6) is 11.5 Å². The lowest BCUT2D eigenvalue weighted by Crippen LogP contribution is -2.38. The topological polar surface area (TPSA) is 38.8 Å². The summed E-state index contributed by atoms with van der Waals surface area (Å²) in [6.07, 6.45) is 3.52. The fourth-order valence-electron chi connectivity index (χ4n) is 3.90. The van der Waals surface area contributed by atoms with Crippen molar-refractivity contribution < 1.29 is 18.7 Å². The minimum atomic E-state index is -0.573. The van der Waals surface area contributed by atoms with Gasteiger partial charge in [-0.3, -0.25) is 4.90 Å². The third kappa shape index (κ3) is 4.67. The Balaban J connectivity index is 2.03. The molecule has 0 bridgehead atoms. The smallest absolute Gasteiger partial charge is 0.347 e. The van der Waals surface area contributed by atoms with E-state index in [1.807, 2.05) is 6.07 Å². The summed E-state index contributed by atoms with van der Waals surface area (Å²) in [4.78, 5) is 15.4. The molecule has 1 aliphatic heterocycles. The first-order chi connectivity index (χ1) is 14.5. The number of halogens is 1. The van der Waals surface area contributed by atoms with E-state index in [1.54, 1.807) is 31.2 Å². The average molecular weight is 414 g/mol. The van der Waals surface area contributed by atoms with Gasteiger partial charge >= 0.3 is 5.97 Å². The summed E-state index contributed by atoms with van der Waals surface area (Å²) in [5, 5.41) is 0. The number of para-hydroxylation sites is 1. The highest BCUT2D eigenvalue weighted by Gasteiger charge is 2.32. The van der Waals surface area contributed by atoms with E-state index in [2.05, 4.69) is 25.7 Å². The van der Waals surface area contributed by atoms with E-state index in [0.29, 0.717) is 48.2 Å². The lowest BCUT2D eigenvalue weighted by atomic mass is 9.90. The zero-order valence-electron chi connectivity index (χ0n) is 18.5. The Morgan fingerprint density at radius 1 is 1.20 bits per heavy atom. The minimum Gasteiger partial charge on any atom is -0.492 e. The number of unbranched alkanes of at least 4 members (excludes halogenated alkanes) is 1. The van der Waals surface area contributed by atoms with Crippen LogP contribution in [0, 0.1) is 12.7 Å². The van der Waals surface area contributed by atoms with Crippen molar-refractivity contribution >= 4 is 5.97 Å². The molecule has 2 aromatic carbocycles. The van der Waals surface area contributed by atoms with Crippen LogP contribution < -0.4 is 9.47 Å². The van der Waals surface area contributed by atoms with Crippen LogP contribution in [0.3, 0.4) is 0 Å². The van der Waals surface area contributed by atoms with Crippen molar-refractivity contribution in [1.82, 2.24) is 4.90 Å². The minimum absolute atomic E-state index is 0.211. The van der Waals surface area contributed by atoms with Crippen molar-refractivity contribution in [1.29, 1.82) is 0 Å². The van der Waals surface area contributed by atoms with E-state index >= 15 is 4.39 Å². The van der Waals surface area contributed by atoms with Gasteiger partial charge < -0.3 is 9.47 Å². The van der Waals surface area contributed by atoms with Crippen LogP contribution >= 0.6 is 0 Å². The predicted molar refractivity (Wildman–Crippen MR) is 117 cm³/mol. The van der Waals surface area contributed by atoms with E-state index in [4.69, 9.17) is 9.47 Å². The molecule has 0 amide bonds. The maximum Gasteiger partial charge on any atom is 0.347 e. The molecule has 0 N–H and O–H groups in total.